The molecule has 2 aromatic rings. The summed E-state index contributed by atoms with van der Waals surface area (Å²) >= 11 is 0. The van der Waals surface area contributed by atoms with Gasteiger partial charge in [0.25, 0.3) is 5.91 Å². The van der Waals surface area contributed by atoms with Crippen LogP contribution in [0.15, 0.2) is 54.6 Å². The summed E-state index contributed by atoms with van der Waals surface area (Å²) in [6.45, 7) is 3.27. The van der Waals surface area contributed by atoms with Crippen molar-refractivity contribution in [2.75, 3.05) is 53.1 Å². The Bertz CT molecular complexity index is 792. The smallest absolute Gasteiger partial charge is 0.253 e. The zero-order valence-electron chi connectivity index (χ0n) is 16.9. The predicted octanol–water partition coefficient (Wildman–Crippen LogP) is 2.69. The van der Waals surface area contributed by atoms with Gasteiger partial charge in [-0.1, -0.05) is 42.5 Å². The fourth-order valence-electron chi connectivity index (χ4n) is 3.38. The van der Waals surface area contributed by atoms with E-state index < -0.39 is 0 Å². The fraction of sp³-hybridized carbons (Fsp3) is 0.391. The quantitative estimate of drug-likeness (QED) is 0.675. The number of ether oxygens (including phenoxy) is 2. The zero-order chi connectivity index (χ0) is 20.5. The van der Waals surface area contributed by atoms with E-state index >= 15 is 0 Å². The predicted molar refractivity (Wildman–Crippen MR) is 112 cm³/mol. The van der Waals surface area contributed by atoms with Crippen molar-refractivity contribution in [2.45, 2.75) is 6.42 Å². The number of nitrogens with zero attached hydrogens (tertiary/aromatic N) is 2. The van der Waals surface area contributed by atoms with Crippen LogP contribution in [0.4, 0.5) is 0 Å². The molecule has 0 radical (unpaired) electrons. The van der Waals surface area contributed by atoms with Gasteiger partial charge in [-0.15, -0.1) is 0 Å². The van der Waals surface area contributed by atoms with Crippen LogP contribution < -0.4 is 0 Å². The Balaban J connectivity index is 1.54. The second-order valence-electron chi connectivity index (χ2n) is 7.02. The Morgan fingerprint density at radius 3 is 2.21 bits per heavy atom. The summed E-state index contributed by atoms with van der Waals surface area (Å²) in [5.74, 6) is -0.0297. The Morgan fingerprint density at radius 2 is 1.48 bits per heavy atom. The van der Waals surface area contributed by atoms with Crippen molar-refractivity contribution >= 4 is 11.8 Å². The van der Waals surface area contributed by atoms with Crippen molar-refractivity contribution < 1.29 is 19.1 Å². The number of methoxy groups -OCH3 is 1. The van der Waals surface area contributed by atoms with Crippen LogP contribution in [0, 0.1) is 0 Å². The number of carbonyl (C=O) groups excluding carboxylic acids is 2. The Labute approximate surface area is 172 Å². The highest BCUT2D eigenvalue weighted by molar-refractivity contribution is 5.94. The lowest BCUT2D eigenvalue weighted by Gasteiger charge is -2.22. The van der Waals surface area contributed by atoms with E-state index in [0.29, 0.717) is 45.0 Å². The first-order valence-electron chi connectivity index (χ1n) is 9.98. The van der Waals surface area contributed by atoms with Crippen molar-refractivity contribution in [2.24, 2.45) is 0 Å². The molecule has 0 aromatic heterocycles. The summed E-state index contributed by atoms with van der Waals surface area (Å²) in [5, 5.41) is 0. The molecular weight excluding hydrogens is 368 g/mol. The van der Waals surface area contributed by atoms with E-state index in [1.165, 1.54) is 0 Å². The van der Waals surface area contributed by atoms with E-state index in [0.717, 1.165) is 17.5 Å². The summed E-state index contributed by atoms with van der Waals surface area (Å²) in [7, 11) is 1.60. The summed E-state index contributed by atoms with van der Waals surface area (Å²) < 4.78 is 10.2. The van der Waals surface area contributed by atoms with E-state index in [1.54, 1.807) is 12.0 Å². The SMILES string of the molecule is COCCOCC(=O)N1CCCN(C(=O)c2ccc(-c3ccccc3)cc2)CC1. The van der Waals surface area contributed by atoms with Gasteiger partial charge < -0.3 is 19.3 Å². The molecule has 3 rings (SSSR count). The first kappa shape index (κ1) is 21.0. The summed E-state index contributed by atoms with van der Waals surface area (Å²) in [6.07, 6.45) is 0.762. The maximum absolute atomic E-state index is 12.9. The van der Waals surface area contributed by atoms with Crippen LogP contribution in [-0.4, -0.2) is 74.7 Å². The van der Waals surface area contributed by atoms with Crippen molar-refractivity contribution in [3.8, 4) is 11.1 Å². The number of benzene rings is 2. The second-order valence-corrected chi connectivity index (χ2v) is 7.02. The molecule has 2 amide bonds. The van der Waals surface area contributed by atoms with Crippen LogP contribution in [0.5, 0.6) is 0 Å². The molecule has 154 valence electrons. The molecule has 1 aliphatic rings. The fourth-order valence-corrected chi connectivity index (χ4v) is 3.38. The maximum Gasteiger partial charge on any atom is 0.253 e. The van der Waals surface area contributed by atoms with Crippen LogP contribution in [0.3, 0.4) is 0 Å². The molecule has 6 nitrogen and oxygen atoms in total. The first-order valence-corrected chi connectivity index (χ1v) is 9.98. The van der Waals surface area contributed by atoms with Crippen LogP contribution in [0.25, 0.3) is 11.1 Å². The second kappa shape index (κ2) is 10.7. The first-order chi connectivity index (χ1) is 14.2. The zero-order valence-corrected chi connectivity index (χ0v) is 16.9. The topological polar surface area (TPSA) is 59.1 Å². The number of hydrogen-bond acceptors (Lipinski definition) is 4. The molecule has 0 N–H and O–H groups in total. The lowest BCUT2D eigenvalue weighted by Crippen LogP contribution is -2.39. The molecule has 0 aliphatic carbocycles. The van der Waals surface area contributed by atoms with Crippen LogP contribution >= 0.6 is 0 Å². The Morgan fingerprint density at radius 1 is 0.828 bits per heavy atom. The van der Waals surface area contributed by atoms with Gasteiger partial charge in [0.05, 0.1) is 13.2 Å². The van der Waals surface area contributed by atoms with Crippen molar-refractivity contribution in [1.82, 2.24) is 9.80 Å². The molecule has 29 heavy (non-hydrogen) atoms. The highest BCUT2D eigenvalue weighted by Gasteiger charge is 2.22. The van der Waals surface area contributed by atoms with Crippen molar-refractivity contribution in [3.05, 3.63) is 60.2 Å². The minimum atomic E-state index is -0.0392. The third kappa shape index (κ3) is 5.89. The molecule has 1 saturated heterocycles. The van der Waals surface area contributed by atoms with Crippen molar-refractivity contribution in [3.63, 3.8) is 0 Å². The number of hydrogen-bond donors (Lipinski definition) is 0. The highest BCUT2D eigenvalue weighted by atomic mass is 16.5. The lowest BCUT2D eigenvalue weighted by atomic mass is 10.0. The Kier molecular flexibility index (Phi) is 7.78. The normalized spacial score (nSPS) is 14.5. The molecule has 0 saturated carbocycles. The molecule has 1 fully saturated rings. The molecule has 1 aliphatic heterocycles. The largest absolute Gasteiger partial charge is 0.382 e. The molecule has 6 heteroatoms. The number of rotatable bonds is 7. The lowest BCUT2D eigenvalue weighted by molar-refractivity contribution is -0.136. The van der Waals surface area contributed by atoms with E-state index in [9.17, 15) is 9.59 Å². The van der Waals surface area contributed by atoms with E-state index in [-0.39, 0.29) is 18.4 Å². The number of amides is 2. The van der Waals surface area contributed by atoms with E-state index in [1.807, 2.05) is 47.4 Å². The monoisotopic (exact) mass is 396 g/mol. The van der Waals surface area contributed by atoms with Gasteiger partial charge in [0.2, 0.25) is 5.91 Å². The van der Waals surface area contributed by atoms with Gasteiger partial charge >= 0.3 is 0 Å². The van der Waals surface area contributed by atoms with Gasteiger partial charge in [-0.25, -0.2) is 0 Å². The van der Waals surface area contributed by atoms with Crippen LogP contribution in [0.1, 0.15) is 16.8 Å². The Hall–Kier alpha value is -2.70. The number of carbonyl (C=O) groups is 2. The molecule has 1 heterocycles. The summed E-state index contributed by atoms with van der Waals surface area (Å²) in [5.41, 5.74) is 2.89. The minimum absolute atomic E-state index is 0.00950. The molecule has 0 atom stereocenters. The van der Waals surface area contributed by atoms with Crippen LogP contribution in [-0.2, 0) is 14.3 Å². The molecular formula is C23H28N2O4. The molecule has 0 bridgehead atoms. The van der Waals surface area contributed by atoms with E-state index in [4.69, 9.17) is 9.47 Å². The van der Waals surface area contributed by atoms with Crippen molar-refractivity contribution in [1.29, 1.82) is 0 Å². The van der Waals surface area contributed by atoms with Gasteiger partial charge in [0, 0.05) is 38.9 Å². The summed E-state index contributed by atoms with van der Waals surface area (Å²) in [6, 6.07) is 17.8. The third-order valence-electron chi connectivity index (χ3n) is 5.03. The molecule has 0 spiro atoms. The van der Waals surface area contributed by atoms with Gasteiger partial charge in [-0.05, 0) is 29.7 Å². The van der Waals surface area contributed by atoms with Gasteiger partial charge in [-0.3, -0.25) is 9.59 Å². The average molecular weight is 396 g/mol. The van der Waals surface area contributed by atoms with Crippen LogP contribution in [0.2, 0.25) is 0 Å². The van der Waals surface area contributed by atoms with Gasteiger partial charge in [0.1, 0.15) is 6.61 Å². The third-order valence-corrected chi connectivity index (χ3v) is 5.03. The molecule has 2 aromatic carbocycles. The average Bonchev–Trinajstić information content (AvgIpc) is 3.03. The molecule has 0 unspecified atom stereocenters. The standard InChI is InChI=1S/C23H28N2O4/c1-28-16-17-29-18-22(26)24-12-5-13-25(15-14-24)23(27)21-10-8-20(9-11-21)19-6-3-2-4-7-19/h2-4,6-11H,5,12-18H2,1H3. The maximum atomic E-state index is 12.9. The minimum Gasteiger partial charge on any atom is -0.382 e. The van der Waals surface area contributed by atoms with Gasteiger partial charge in [0.15, 0.2) is 0 Å². The highest BCUT2D eigenvalue weighted by Crippen LogP contribution is 2.20. The van der Waals surface area contributed by atoms with Gasteiger partial charge in [-0.2, -0.15) is 0 Å². The summed E-state index contributed by atoms with van der Waals surface area (Å²) in [4.78, 5) is 28.8. The van der Waals surface area contributed by atoms with E-state index in [2.05, 4.69) is 12.1 Å².